The summed E-state index contributed by atoms with van der Waals surface area (Å²) in [6.45, 7) is 1.85. The molecule has 166 valence electrons. The molecule has 3 aliphatic rings. The van der Waals surface area contributed by atoms with Crippen LogP contribution in [-0.4, -0.2) is 17.9 Å². The number of halogens is 1. The highest BCUT2D eigenvalue weighted by molar-refractivity contribution is 7.10. The number of rotatable bonds is 4. The van der Waals surface area contributed by atoms with E-state index in [2.05, 4.69) is 11.4 Å². The SMILES string of the molecule is CC1=C(C(=O)OC2CCCC2)C(c2cccc(F)c2)C2=C(CC(c3cccs3)CC2=O)N1. The predicted molar refractivity (Wildman–Crippen MR) is 122 cm³/mol. The number of ketones is 1. The summed E-state index contributed by atoms with van der Waals surface area (Å²) in [7, 11) is 0. The second-order valence-electron chi connectivity index (χ2n) is 8.90. The third-order valence-corrected chi connectivity index (χ3v) is 7.79. The molecule has 2 unspecified atom stereocenters. The molecule has 1 saturated carbocycles. The minimum absolute atomic E-state index is 0.00470. The zero-order chi connectivity index (χ0) is 22.2. The largest absolute Gasteiger partial charge is 0.459 e. The summed E-state index contributed by atoms with van der Waals surface area (Å²) in [6, 6.07) is 10.3. The van der Waals surface area contributed by atoms with Gasteiger partial charge in [0.05, 0.1) is 5.57 Å². The molecule has 2 aromatic rings. The molecule has 0 bridgehead atoms. The van der Waals surface area contributed by atoms with E-state index in [4.69, 9.17) is 4.74 Å². The maximum absolute atomic E-state index is 14.2. The van der Waals surface area contributed by atoms with E-state index in [0.717, 1.165) is 31.4 Å². The van der Waals surface area contributed by atoms with Crippen LogP contribution in [0.2, 0.25) is 0 Å². The minimum Gasteiger partial charge on any atom is -0.459 e. The molecule has 2 atom stereocenters. The number of carbonyl (C=O) groups excluding carboxylic acids is 2. The number of benzene rings is 1. The van der Waals surface area contributed by atoms with E-state index >= 15 is 0 Å². The fourth-order valence-corrected chi connectivity index (χ4v) is 6.11. The van der Waals surface area contributed by atoms with E-state index in [1.54, 1.807) is 23.5 Å². The predicted octanol–water partition coefficient (Wildman–Crippen LogP) is 5.73. The van der Waals surface area contributed by atoms with Gasteiger partial charge in [-0.1, -0.05) is 18.2 Å². The summed E-state index contributed by atoms with van der Waals surface area (Å²) >= 11 is 1.66. The Morgan fingerprint density at radius 1 is 1.16 bits per heavy atom. The van der Waals surface area contributed by atoms with Gasteiger partial charge in [0, 0.05) is 40.1 Å². The molecule has 32 heavy (non-hydrogen) atoms. The van der Waals surface area contributed by atoms with Crippen LogP contribution in [-0.2, 0) is 14.3 Å². The molecule has 6 heteroatoms. The molecule has 0 amide bonds. The fraction of sp³-hybridized carbons (Fsp3) is 0.385. The van der Waals surface area contributed by atoms with Crippen molar-refractivity contribution < 1.29 is 18.7 Å². The van der Waals surface area contributed by atoms with Crippen molar-refractivity contribution in [1.82, 2.24) is 5.32 Å². The zero-order valence-electron chi connectivity index (χ0n) is 18.0. The monoisotopic (exact) mass is 451 g/mol. The van der Waals surface area contributed by atoms with Gasteiger partial charge in [-0.3, -0.25) is 4.79 Å². The molecule has 1 N–H and O–H groups in total. The Morgan fingerprint density at radius 3 is 2.69 bits per heavy atom. The highest BCUT2D eigenvalue weighted by Gasteiger charge is 2.42. The van der Waals surface area contributed by atoms with Crippen molar-refractivity contribution in [3.05, 3.63) is 80.6 Å². The maximum Gasteiger partial charge on any atom is 0.337 e. The van der Waals surface area contributed by atoms with Crippen molar-refractivity contribution in [3.8, 4) is 0 Å². The number of Topliss-reactive ketones (excluding diaryl/α,β-unsaturated/α-hetero) is 1. The van der Waals surface area contributed by atoms with Crippen LogP contribution < -0.4 is 5.32 Å². The summed E-state index contributed by atoms with van der Waals surface area (Å²) < 4.78 is 20.0. The van der Waals surface area contributed by atoms with Gasteiger partial charge in [-0.25, -0.2) is 9.18 Å². The summed E-state index contributed by atoms with van der Waals surface area (Å²) in [5.74, 6) is -1.29. The Balaban J connectivity index is 1.55. The third-order valence-electron chi connectivity index (χ3n) is 6.75. The average Bonchev–Trinajstić information content (AvgIpc) is 3.47. The van der Waals surface area contributed by atoms with E-state index in [9.17, 15) is 14.0 Å². The van der Waals surface area contributed by atoms with Crippen molar-refractivity contribution >= 4 is 23.1 Å². The lowest BCUT2D eigenvalue weighted by atomic mass is 9.72. The number of dihydropyridines is 1. The fourth-order valence-electron chi connectivity index (χ4n) is 5.27. The highest BCUT2D eigenvalue weighted by Crippen LogP contribution is 2.46. The van der Waals surface area contributed by atoms with E-state index in [0.29, 0.717) is 35.2 Å². The average molecular weight is 452 g/mol. The van der Waals surface area contributed by atoms with Crippen molar-refractivity contribution in [3.63, 3.8) is 0 Å². The second kappa shape index (κ2) is 8.66. The molecule has 2 aliphatic carbocycles. The number of allylic oxidation sites excluding steroid dienone is 3. The van der Waals surface area contributed by atoms with Gasteiger partial charge in [-0.05, 0) is 68.2 Å². The summed E-state index contributed by atoms with van der Waals surface area (Å²) in [6.07, 6.45) is 4.83. The Kier molecular flexibility index (Phi) is 5.72. The molecule has 0 radical (unpaired) electrons. The molecule has 5 rings (SSSR count). The first-order valence-electron chi connectivity index (χ1n) is 11.2. The summed E-state index contributed by atoms with van der Waals surface area (Å²) in [4.78, 5) is 28.0. The van der Waals surface area contributed by atoms with Crippen LogP contribution in [0, 0.1) is 5.82 Å². The van der Waals surface area contributed by atoms with Gasteiger partial charge < -0.3 is 10.1 Å². The van der Waals surface area contributed by atoms with Crippen LogP contribution in [0.15, 0.2) is 64.3 Å². The lowest BCUT2D eigenvalue weighted by Crippen LogP contribution is -2.36. The number of esters is 1. The zero-order valence-corrected chi connectivity index (χ0v) is 18.8. The van der Waals surface area contributed by atoms with Gasteiger partial charge in [-0.2, -0.15) is 0 Å². The second-order valence-corrected chi connectivity index (χ2v) is 9.88. The Labute approximate surface area is 191 Å². The van der Waals surface area contributed by atoms with Crippen molar-refractivity contribution in [2.75, 3.05) is 0 Å². The Morgan fingerprint density at radius 2 is 1.97 bits per heavy atom. The van der Waals surface area contributed by atoms with Gasteiger partial charge in [0.2, 0.25) is 0 Å². The number of hydrogen-bond donors (Lipinski definition) is 1. The first kappa shape index (κ1) is 21.1. The number of ether oxygens (including phenoxy) is 1. The first-order valence-corrected chi connectivity index (χ1v) is 12.1. The van der Waals surface area contributed by atoms with E-state index < -0.39 is 11.9 Å². The van der Waals surface area contributed by atoms with Gasteiger partial charge in [0.15, 0.2) is 5.78 Å². The highest BCUT2D eigenvalue weighted by atomic mass is 32.1. The molecule has 1 fully saturated rings. The number of hydrogen-bond acceptors (Lipinski definition) is 5. The number of nitrogens with one attached hydrogen (secondary N) is 1. The first-order chi connectivity index (χ1) is 15.5. The van der Waals surface area contributed by atoms with Crippen LogP contribution in [0.1, 0.15) is 67.7 Å². The third kappa shape index (κ3) is 3.92. The van der Waals surface area contributed by atoms with Gasteiger partial charge in [0.25, 0.3) is 0 Å². The lowest BCUT2D eigenvalue weighted by molar-refractivity contribution is -0.144. The van der Waals surface area contributed by atoms with Crippen LogP contribution in [0.3, 0.4) is 0 Å². The topological polar surface area (TPSA) is 55.4 Å². The lowest BCUT2D eigenvalue weighted by Gasteiger charge is -2.36. The molecule has 1 aromatic heterocycles. The standard InChI is InChI=1S/C26H26FNO3S/c1-15-23(26(30)31-19-8-2-3-9-19)24(16-6-4-7-18(27)12-16)25-20(28-15)13-17(14-21(25)29)22-10-5-11-32-22/h4-7,10-12,17,19,24,28H,2-3,8-9,13-14H2,1H3. The van der Waals surface area contributed by atoms with Gasteiger partial charge >= 0.3 is 5.97 Å². The van der Waals surface area contributed by atoms with Gasteiger partial charge in [0.1, 0.15) is 11.9 Å². The minimum atomic E-state index is -0.618. The molecule has 0 saturated heterocycles. The Bertz CT molecular complexity index is 1110. The van der Waals surface area contributed by atoms with E-state index in [-0.39, 0.29) is 23.6 Å². The smallest absolute Gasteiger partial charge is 0.337 e. The maximum atomic E-state index is 14.2. The van der Waals surface area contributed by atoms with Crippen molar-refractivity contribution in [2.45, 2.75) is 63.4 Å². The van der Waals surface area contributed by atoms with Crippen molar-refractivity contribution in [1.29, 1.82) is 0 Å². The van der Waals surface area contributed by atoms with E-state index in [1.165, 1.54) is 17.0 Å². The molecular weight excluding hydrogens is 425 g/mol. The summed E-state index contributed by atoms with van der Waals surface area (Å²) in [5, 5.41) is 5.38. The normalized spacial score (nSPS) is 23.9. The van der Waals surface area contributed by atoms with E-state index in [1.807, 2.05) is 18.4 Å². The van der Waals surface area contributed by atoms with Gasteiger partial charge in [-0.15, -0.1) is 11.3 Å². The van der Waals surface area contributed by atoms with Crippen LogP contribution >= 0.6 is 11.3 Å². The molecule has 2 heterocycles. The van der Waals surface area contributed by atoms with Crippen LogP contribution in [0.5, 0.6) is 0 Å². The molecule has 1 aliphatic heterocycles. The Hall–Kier alpha value is -2.73. The summed E-state index contributed by atoms with van der Waals surface area (Å²) in [5.41, 5.74) is 3.13. The number of thiophene rings is 1. The van der Waals surface area contributed by atoms with Crippen molar-refractivity contribution in [2.24, 2.45) is 0 Å². The number of carbonyl (C=O) groups is 2. The molecule has 0 spiro atoms. The molecule has 1 aromatic carbocycles. The molecule has 4 nitrogen and oxygen atoms in total. The quantitative estimate of drug-likeness (QED) is 0.603. The molecular formula is C26H26FNO3S. The van der Waals surface area contributed by atoms with Crippen LogP contribution in [0.25, 0.3) is 0 Å². The van der Waals surface area contributed by atoms with Crippen LogP contribution in [0.4, 0.5) is 4.39 Å².